The molecule has 0 aromatic heterocycles. The number of esters is 1. The van der Waals surface area contributed by atoms with Crippen molar-refractivity contribution in [1.29, 1.82) is 0 Å². The largest absolute Gasteiger partial charge is 0.464 e. The lowest BCUT2D eigenvalue weighted by Crippen LogP contribution is -2.30. The molecule has 1 N–H and O–H groups in total. The fourth-order valence-corrected chi connectivity index (χ4v) is 1.79. The maximum atomic E-state index is 11.6. The van der Waals surface area contributed by atoms with E-state index in [9.17, 15) is 4.79 Å². The predicted octanol–water partition coefficient (Wildman–Crippen LogP) is 3.40. The van der Waals surface area contributed by atoms with Crippen LogP contribution in [0.3, 0.4) is 0 Å². The number of carbonyl (C=O) groups is 1. The van der Waals surface area contributed by atoms with Crippen molar-refractivity contribution in [3.05, 3.63) is 28.8 Å². The lowest BCUT2D eigenvalue weighted by molar-refractivity contribution is -0.144. The van der Waals surface area contributed by atoms with E-state index in [4.69, 9.17) is 16.3 Å². The number of ether oxygens (including phenoxy) is 1. The summed E-state index contributed by atoms with van der Waals surface area (Å²) in [5.41, 5.74) is 1.85. The predicted molar refractivity (Wildman–Crippen MR) is 70.5 cm³/mol. The molecule has 0 bridgehead atoms. The molecule has 1 aromatic rings. The van der Waals surface area contributed by atoms with Gasteiger partial charge in [-0.25, -0.2) is 4.79 Å². The number of aryl methyl sites for hydroxylation is 1. The second-order valence-electron chi connectivity index (χ2n) is 3.84. The molecule has 3 nitrogen and oxygen atoms in total. The molecule has 17 heavy (non-hydrogen) atoms. The molecule has 0 spiro atoms. The van der Waals surface area contributed by atoms with Gasteiger partial charge < -0.3 is 10.1 Å². The maximum Gasteiger partial charge on any atom is 0.328 e. The summed E-state index contributed by atoms with van der Waals surface area (Å²) < 4.78 is 4.99. The molecule has 0 saturated carbocycles. The van der Waals surface area contributed by atoms with Crippen molar-refractivity contribution in [1.82, 2.24) is 0 Å². The van der Waals surface area contributed by atoms with Gasteiger partial charge in [0.05, 0.1) is 17.3 Å². The lowest BCUT2D eigenvalue weighted by Gasteiger charge is -2.17. The number of rotatable bonds is 5. The molecule has 1 atom stereocenters. The van der Waals surface area contributed by atoms with E-state index < -0.39 is 0 Å². The van der Waals surface area contributed by atoms with Crippen LogP contribution in [0.5, 0.6) is 0 Å². The number of carbonyl (C=O) groups excluding carboxylic acids is 1. The number of benzene rings is 1. The lowest BCUT2D eigenvalue weighted by atomic mass is 10.2. The molecular weight excluding hydrogens is 238 g/mol. The second-order valence-corrected chi connectivity index (χ2v) is 4.25. The van der Waals surface area contributed by atoms with Gasteiger partial charge >= 0.3 is 5.97 Å². The van der Waals surface area contributed by atoms with Crippen LogP contribution in [-0.2, 0) is 9.53 Å². The van der Waals surface area contributed by atoms with E-state index in [-0.39, 0.29) is 12.0 Å². The summed E-state index contributed by atoms with van der Waals surface area (Å²) in [4.78, 5) is 11.6. The third-order valence-corrected chi connectivity index (χ3v) is 2.75. The molecule has 1 aromatic carbocycles. The highest BCUT2D eigenvalue weighted by molar-refractivity contribution is 6.33. The summed E-state index contributed by atoms with van der Waals surface area (Å²) >= 11 is 6.10. The first-order valence-electron chi connectivity index (χ1n) is 5.77. The molecule has 0 saturated heterocycles. The summed E-state index contributed by atoms with van der Waals surface area (Å²) in [7, 11) is 0. The van der Waals surface area contributed by atoms with Crippen LogP contribution in [-0.4, -0.2) is 18.6 Å². The zero-order valence-electron chi connectivity index (χ0n) is 10.4. The van der Waals surface area contributed by atoms with E-state index >= 15 is 0 Å². The van der Waals surface area contributed by atoms with Gasteiger partial charge in [0.15, 0.2) is 0 Å². The maximum absolute atomic E-state index is 11.6. The average molecular weight is 256 g/mol. The van der Waals surface area contributed by atoms with Crippen molar-refractivity contribution >= 4 is 23.3 Å². The van der Waals surface area contributed by atoms with Gasteiger partial charge in [-0.1, -0.05) is 24.6 Å². The minimum atomic E-state index is -0.352. The molecule has 4 heteroatoms. The van der Waals surface area contributed by atoms with Crippen LogP contribution in [0, 0.1) is 6.92 Å². The topological polar surface area (TPSA) is 38.3 Å². The molecule has 0 fully saturated rings. The Labute approximate surface area is 107 Å². The Morgan fingerprint density at radius 3 is 2.71 bits per heavy atom. The summed E-state index contributed by atoms with van der Waals surface area (Å²) in [6, 6.07) is 5.34. The van der Waals surface area contributed by atoms with Crippen LogP contribution in [0.15, 0.2) is 18.2 Å². The van der Waals surface area contributed by atoms with Gasteiger partial charge in [0.2, 0.25) is 0 Å². The van der Waals surface area contributed by atoms with Gasteiger partial charge in [-0.2, -0.15) is 0 Å². The van der Waals surface area contributed by atoms with E-state index in [0.29, 0.717) is 18.1 Å². The third-order valence-electron chi connectivity index (χ3n) is 2.43. The number of anilines is 1. The first-order valence-corrected chi connectivity index (χ1v) is 6.15. The van der Waals surface area contributed by atoms with Gasteiger partial charge in [0, 0.05) is 0 Å². The Bertz CT molecular complexity index is 393. The quantitative estimate of drug-likeness (QED) is 0.820. The Kier molecular flexibility index (Phi) is 5.29. The molecule has 0 aliphatic rings. The molecule has 0 amide bonds. The van der Waals surface area contributed by atoms with E-state index in [2.05, 4.69) is 5.32 Å². The molecule has 1 rings (SSSR count). The number of nitrogens with one attached hydrogen (secondary N) is 1. The normalized spacial score (nSPS) is 12.0. The van der Waals surface area contributed by atoms with Gasteiger partial charge in [-0.3, -0.25) is 0 Å². The highest BCUT2D eigenvalue weighted by atomic mass is 35.5. The summed E-state index contributed by atoms with van der Waals surface area (Å²) in [6.07, 6.45) is 0.656. The van der Waals surface area contributed by atoms with Crippen molar-refractivity contribution in [3.63, 3.8) is 0 Å². The molecule has 0 heterocycles. The van der Waals surface area contributed by atoms with Crippen molar-refractivity contribution in [3.8, 4) is 0 Å². The van der Waals surface area contributed by atoms with Crippen molar-refractivity contribution in [2.75, 3.05) is 11.9 Å². The van der Waals surface area contributed by atoms with Crippen LogP contribution in [0.1, 0.15) is 25.8 Å². The second kappa shape index (κ2) is 6.50. The fraction of sp³-hybridized carbons (Fsp3) is 0.462. The number of halogens is 1. The molecule has 94 valence electrons. The minimum Gasteiger partial charge on any atom is -0.464 e. The summed E-state index contributed by atoms with van der Waals surface area (Å²) in [5.74, 6) is -0.244. The minimum absolute atomic E-state index is 0.244. The Morgan fingerprint density at radius 2 is 2.18 bits per heavy atom. The fourth-order valence-electron chi connectivity index (χ4n) is 1.50. The molecule has 0 aliphatic carbocycles. The molecular formula is C13H18ClNO2. The molecule has 1 unspecified atom stereocenters. The van der Waals surface area contributed by atoms with E-state index in [1.807, 2.05) is 32.0 Å². The van der Waals surface area contributed by atoms with Gasteiger partial charge in [0.25, 0.3) is 0 Å². The smallest absolute Gasteiger partial charge is 0.328 e. The first-order chi connectivity index (χ1) is 8.08. The molecule has 0 radical (unpaired) electrons. The Balaban J connectivity index is 2.77. The van der Waals surface area contributed by atoms with E-state index in [1.54, 1.807) is 6.92 Å². The SMILES string of the molecule is CCOC(=O)C(CC)Nc1ccc(C)cc1Cl. The summed E-state index contributed by atoms with van der Waals surface area (Å²) in [6.45, 7) is 6.08. The highest BCUT2D eigenvalue weighted by Gasteiger charge is 2.18. The van der Waals surface area contributed by atoms with Crippen LogP contribution in [0.25, 0.3) is 0 Å². The Hall–Kier alpha value is -1.22. The zero-order valence-corrected chi connectivity index (χ0v) is 11.2. The van der Waals surface area contributed by atoms with E-state index in [1.165, 1.54) is 0 Å². The van der Waals surface area contributed by atoms with E-state index in [0.717, 1.165) is 11.3 Å². The number of hydrogen-bond acceptors (Lipinski definition) is 3. The average Bonchev–Trinajstić information content (AvgIpc) is 2.28. The van der Waals surface area contributed by atoms with Crippen LogP contribution in [0.2, 0.25) is 5.02 Å². The van der Waals surface area contributed by atoms with Crippen LogP contribution >= 0.6 is 11.6 Å². The summed E-state index contributed by atoms with van der Waals surface area (Å²) in [5, 5.41) is 3.72. The third kappa shape index (κ3) is 3.93. The van der Waals surface area contributed by atoms with Gasteiger partial charge in [-0.15, -0.1) is 0 Å². The van der Waals surface area contributed by atoms with Crippen LogP contribution < -0.4 is 5.32 Å². The zero-order chi connectivity index (χ0) is 12.8. The standard InChI is InChI=1S/C13H18ClNO2/c1-4-11(13(16)17-5-2)15-12-7-6-9(3)8-10(12)14/h6-8,11,15H,4-5H2,1-3H3. The van der Waals surface area contributed by atoms with Crippen molar-refractivity contribution < 1.29 is 9.53 Å². The monoisotopic (exact) mass is 255 g/mol. The van der Waals surface area contributed by atoms with Gasteiger partial charge in [0.1, 0.15) is 6.04 Å². The van der Waals surface area contributed by atoms with Crippen molar-refractivity contribution in [2.24, 2.45) is 0 Å². The highest BCUT2D eigenvalue weighted by Crippen LogP contribution is 2.24. The molecule has 0 aliphatic heterocycles. The Morgan fingerprint density at radius 1 is 1.47 bits per heavy atom. The number of hydrogen-bond donors (Lipinski definition) is 1. The first kappa shape index (κ1) is 13.8. The van der Waals surface area contributed by atoms with Crippen LogP contribution in [0.4, 0.5) is 5.69 Å². The van der Waals surface area contributed by atoms with Gasteiger partial charge in [-0.05, 0) is 38.0 Å². The van der Waals surface area contributed by atoms with Crippen molar-refractivity contribution in [2.45, 2.75) is 33.2 Å².